The van der Waals surface area contributed by atoms with Crippen LogP contribution < -0.4 is 10.1 Å². The summed E-state index contributed by atoms with van der Waals surface area (Å²) in [6.45, 7) is 3.34. The standard InChI is InChI=1S/C14H15N3O3S2/c1-10-3-6-13(21-10)9-15-17-22(19,20)14-7-4-12(5-8-14)16-11(2)18/h3-9,17H,1-2H3,(H,16,18)/b15-9-. The molecular weight excluding hydrogens is 322 g/mol. The predicted octanol–water partition coefficient (Wildman–Crippen LogP) is 2.33. The topological polar surface area (TPSA) is 87.6 Å². The fourth-order valence-corrected chi connectivity index (χ4v) is 3.20. The molecule has 2 rings (SSSR count). The van der Waals surface area contributed by atoms with Crippen molar-refractivity contribution in [1.82, 2.24) is 4.83 Å². The van der Waals surface area contributed by atoms with Crippen LogP contribution in [0.1, 0.15) is 16.7 Å². The summed E-state index contributed by atoms with van der Waals surface area (Å²) < 4.78 is 24.1. The highest BCUT2D eigenvalue weighted by Crippen LogP contribution is 2.15. The Balaban J connectivity index is 2.06. The Morgan fingerprint density at radius 1 is 1.18 bits per heavy atom. The van der Waals surface area contributed by atoms with Crippen molar-refractivity contribution in [3.63, 3.8) is 0 Å². The average Bonchev–Trinajstić information content (AvgIpc) is 2.84. The monoisotopic (exact) mass is 337 g/mol. The third-order valence-electron chi connectivity index (χ3n) is 2.61. The highest BCUT2D eigenvalue weighted by molar-refractivity contribution is 7.89. The summed E-state index contributed by atoms with van der Waals surface area (Å²) in [5, 5.41) is 6.32. The van der Waals surface area contributed by atoms with E-state index in [1.807, 2.05) is 19.1 Å². The molecule has 1 amide bonds. The first-order valence-electron chi connectivity index (χ1n) is 6.36. The van der Waals surface area contributed by atoms with Gasteiger partial charge in [0, 0.05) is 22.4 Å². The summed E-state index contributed by atoms with van der Waals surface area (Å²) in [6, 6.07) is 9.63. The number of carbonyl (C=O) groups excluding carboxylic acids is 1. The normalized spacial score (nSPS) is 11.5. The highest BCUT2D eigenvalue weighted by Gasteiger charge is 2.12. The van der Waals surface area contributed by atoms with Gasteiger partial charge in [0.2, 0.25) is 5.91 Å². The van der Waals surface area contributed by atoms with Gasteiger partial charge in [0.05, 0.1) is 11.1 Å². The molecule has 0 aliphatic rings. The zero-order chi connectivity index (χ0) is 16.2. The molecule has 0 saturated heterocycles. The third-order valence-corrected chi connectivity index (χ3v) is 4.78. The number of nitrogens with one attached hydrogen (secondary N) is 2. The number of hydrogen-bond acceptors (Lipinski definition) is 5. The quantitative estimate of drug-likeness (QED) is 0.648. The number of nitrogens with zero attached hydrogens (tertiary/aromatic N) is 1. The lowest BCUT2D eigenvalue weighted by Gasteiger charge is -2.05. The second kappa shape index (κ2) is 6.71. The Labute approximate surface area is 132 Å². The Morgan fingerprint density at radius 2 is 1.86 bits per heavy atom. The first-order valence-corrected chi connectivity index (χ1v) is 8.66. The Bertz CT molecular complexity index is 793. The smallest absolute Gasteiger partial charge is 0.276 e. The maximum absolute atomic E-state index is 12.1. The SMILES string of the molecule is CC(=O)Nc1ccc(S(=O)(=O)N/N=C\c2ccc(C)s2)cc1. The van der Waals surface area contributed by atoms with Crippen LogP contribution >= 0.6 is 11.3 Å². The number of amides is 1. The lowest BCUT2D eigenvalue weighted by Crippen LogP contribution is -2.18. The second-order valence-electron chi connectivity index (χ2n) is 4.51. The zero-order valence-corrected chi connectivity index (χ0v) is 13.7. The second-order valence-corrected chi connectivity index (χ2v) is 7.49. The van der Waals surface area contributed by atoms with Crippen molar-refractivity contribution in [1.29, 1.82) is 0 Å². The van der Waals surface area contributed by atoms with Gasteiger partial charge in [-0.3, -0.25) is 4.79 Å². The van der Waals surface area contributed by atoms with E-state index in [-0.39, 0.29) is 10.8 Å². The summed E-state index contributed by atoms with van der Waals surface area (Å²) in [7, 11) is -3.72. The molecule has 0 fully saturated rings. The Hall–Kier alpha value is -2.19. The molecule has 2 N–H and O–H groups in total. The summed E-state index contributed by atoms with van der Waals surface area (Å²) >= 11 is 1.52. The predicted molar refractivity (Wildman–Crippen MR) is 87.7 cm³/mol. The van der Waals surface area contributed by atoms with Crippen LogP contribution in [0, 0.1) is 6.92 Å². The molecule has 1 heterocycles. The van der Waals surface area contributed by atoms with Crippen molar-refractivity contribution in [2.24, 2.45) is 5.10 Å². The molecule has 0 aliphatic heterocycles. The third kappa shape index (κ3) is 4.40. The van der Waals surface area contributed by atoms with E-state index in [0.717, 1.165) is 9.75 Å². The molecule has 0 atom stereocenters. The molecule has 22 heavy (non-hydrogen) atoms. The summed E-state index contributed by atoms with van der Waals surface area (Å²) in [5.41, 5.74) is 0.531. The van der Waals surface area contributed by atoms with E-state index in [4.69, 9.17) is 0 Å². The first kappa shape index (κ1) is 16.2. The average molecular weight is 337 g/mol. The van der Waals surface area contributed by atoms with Gasteiger partial charge in [0.15, 0.2) is 0 Å². The van der Waals surface area contributed by atoms with Crippen LogP contribution in [0.25, 0.3) is 0 Å². The van der Waals surface area contributed by atoms with Gasteiger partial charge in [0.1, 0.15) is 0 Å². The van der Waals surface area contributed by atoms with E-state index in [1.54, 1.807) is 0 Å². The molecule has 0 radical (unpaired) electrons. The summed E-state index contributed by atoms with van der Waals surface area (Å²) in [5.74, 6) is -0.218. The molecule has 0 spiro atoms. The van der Waals surface area contributed by atoms with Gasteiger partial charge in [-0.05, 0) is 43.3 Å². The van der Waals surface area contributed by atoms with E-state index in [9.17, 15) is 13.2 Å². The van der Waals surface area contributed by atoms with Gasteiger partial charge in [-0.25, -0.2) is 4.83 Å². The van der Waals surface area contributed by atoms with Gasteiger partial charge < -0.3 is 5.32 Å². The minimum absolute atomic E-state index is 0.0705. The molecule has 1 aromatic carbocycles. The van der Waals surface area contributed by atoms with Crippen LogP contribution in [-0.4, -0.2) is 20.5 Å². The number of rotatable bonds is 5. The molecule has 6 nitrogen and oxygen atoms in total. The van der Waals surface area contributed by atoms with E-state index >= 15 is 0 Å². The van der Waals surface area contributed by atoms with Crippen molar-refractivity contribution < 1.29 is 13.2 Å². The van der Waals surface area contributed by atoms with Crippen LogP contribution in [0.4, 0.5) is 5.69 Å². The van der Waals surface area contributed by atoms with E-state index in [0.29, 0.717) is 5.69 Å². The van der Waals surface area contributed by atoms with Crippen molar-refractivity contribution >= 4 is 39.2 Å². The summed E-state index contributed by atoms with van der Waals surface area (Å²) in [4.78, 5) is 15.1. The number of sulfonamides is 1. The van der Waals surface area contributed by atoms with Crippen molar-refractivity contribution in [2.75, 3.05) is 5.32 Å². The van der Waals surface area contributed by atoms with Gasteiger partial charge in [0.25, 0.3) is 10.0 Å². The first-order chi connectivity index (χ1) is 10.4. The lowest BCUT2D eigenvalue weighted by atomic mass is 10.3. The maximum atomic E-state index is 12.1. The maximum Gasteiger partial charge on any atom is 0.276 e. The Morgan fingerprint density at radius 3 is 2.41 bits per heavy atom. The number of aryl methyl sites for hydroxylation is 1. The highest BCUT2D eigenvalue weighted by atomic mass is 32.2. The van der Waals surface area contributed by atoms with Crippen LogP contribution in [0.5, 0.6) is 0 Å². The number of benzene rings is 1. The van der Waals surface area contributed by atoms with Crippen LogP contribution in [0.15, 0.2) is 46.4 Å². The number of thiophene rings is 1. The van der Waals surface area contributed by atoms with E-state index < -0.39 is 10.0 Å². The molecule has 8 heteroatoms. The van der Waals surface area contributed by atoms with E-state index in [1.165, 1.54) is 48.7 Å². The van der Waals surface area contributed by atoms with Crippen molar-refractivity contribution in [3.8, 4) is 0 Å². The minimum atomic E-state index is -3.72. The molecular formula is C14H15N3O3S2. The zero-order valence-electron chi connectivity index (χ0n) is 12.0. The Kier molecular flexibility index (Phi) is 4.94. The lowest BCUT2D eigenvalue weighted by molar-refractivity contribution is -0.114. The number of anilines is 1. The van der Waals surface area contributed by atoms with E-state index in [2.05, 4.69) is 15.2 Å². The summed E-state index contributed by atoms with van der Waals surface area (Å²) in [6.07, 6.45) is 1.46. The molecule has 2 aromatic rings. The molecule has 0 saturated carbocycles. The largest absolute Gasteiger partial charge is 0.326 e. The van der Waals surface area contributed by atoms with Crippen molar-refractivity contribution in [3.05, 3.63) is 46.2 Å². The molecule has 0 bridgehead atoms. The number of hydrogen-bond donors (Lipinski definition) is 2. The number of carbonyl (C=O) groups is 1. The number of hydrazone groups is 1. The van der Waals surface area contributed by atoms with Crippen LogP contribution in [0.2, 0.25) is 0 Å². The van der Waals surface area contributed by atoms with Crippen molar-refractivity contribution in [2.45, 2.75) is 18.7 Å². The van der Waals surface area contributed by atoms with Gasteiger partial charge in [-0.1, -0.05) is 0 Å². The van der Waals surface area contributed by atoms with Gasteiger partial charge in [-0.15, -0.1) is 11.3 Å². The fraction of sp³-hybridized carbons (Fsp3) is 0.143. The molecule has 1 aromatic heterocycles. The van der Waals surface area contributed by atoms with Crippen LogP contribution in [-0.2, 0) is 14.8 Å². The molecule has 116 valence electrons. The van der Waals surface area contributed by atoms with Gasteiger partial charge in [-0.2, -0.15) is 13.5 Å². The van der Waals surface area contributed by atoms with Gasteiger partial charge >= 0.3 is 0 Å². The van der Waals surface area contributed by atoms with Crippen LogP contribution in [0.3, 0.4) is 0 Å². The minimum Gasteiger partial charge on any atom is -0.326 e. The molecule has 0 aliphatic carbocycles. The molecule has 0 unspecified atom stereocenters. The fourth-order valence-electron chi connectivity index (χ4n) is 1.66.